The van der Waals surface area contributed by atoms with Crippen molar-refractivity contribution in [2.45, 2.75) is 121 Å². The van der Waals surface area contributed by atoms with Gasteiger partial charge in [0.05, 0.1) is 43.2 Å². The second kappa shape index (κ2) is 14.7. The Morgan fingerprint density at radius 3 is 2.70 bits per heavy atom. The van der Waals surface area contributed by atoms with E-state index in [1.54, 1.807) is 6.26 Å². The highest BCUT2D eigenvalue weighted by Gasteiger charge is 2.44. The van der Waals surface area contributed by atoms with E-state index in [4.69, 9.17) is 35.6 Å². The summed E-state index contributed by atoms with van der Waals surface area (Å²) in [5.74, 6) is -0.217. The summed E-state index contributed by atoms with van der Waals surface area (Å²) in [4.78, 5) is 17.8. The molecule has 0 radical (unpaired) electrons. The van der Waals surface area contributed by atoms with Crippen LogP contribution in [0.3, 0.4) is 0 Å². The summed E-state index contributed by atoms with van der Waals surface area (Å²) < 4.78 is 39.0. The van der Waals surface area contributed by atoms with E-state index in [2.05, 4.69) is 11.6 Å². The molecule has 4 aliphatic rings. The van der Waals surface area contributed by atoms with Crippen molar-refractivity contribution in [1.29, 1.82) is 1.43 Å². The van der Waals surface area contributed by atoms with Gasteiger partial charge in [-0.05, 0) is 50.7 Å². The van der Waals surface area contributed by atoms with Crippen LogP contribution in [-0.2, 0) is 23.7 Å². The Hall–Kier alpha value is -2.60. The number of rotatable bonds is 4. The fourth-order valence-corrected chi connectivity index (χ4v) is 7.09. The largest absolute Gasteiger partial charge is 0.458 e. The summed E-state index contributed by atoms with van der Waals surface area (Å²) >= 11 is 0. The van der Waals surface area contributed by atoms with Gasteiger partial charge in [-0.1, -0.05) is 44.2 Å². The standard InChI is InChI=1S/C34H48N2O8/c1-19-11-25-7-5-10-32(39)44-34-21(3)29(43-33(22(34)4)20(2)13-23(35)17-37)8-6-9-31-36-28(18-40-31)30-15-24(38)14-27(42-30)16-26(12-19)41-25/h5-6,9-10,13,18,21-27,29-30,33-34,37-38H,1,7-8,11-12,14-17,35H2,2-4H3/b9-6+,10-5-,20-13+/t21-,22-,23+,24+,25-,26+,27-,29+,30+,33-,34-/m0/s1/i38T. The van der Waals surface area contributed by atoms with Gasteiger partial charge in [0.2, 0.25) is 7.32 Å². The zero-order valence-electron chi connectivity index (χ0n) is 27.0. The fraction of sp³-hybridized carbons (Fsp3) is 0.647. The molecule has 0 aromatic carbocycles. The van der Waals surface area contributed by atoms with Gasteiger partial charge in [0.25, 0.3) is 0 Å². The van der Waals surface area contributed by atoms with Crippen LogP contribution in [0.2, 0.25) is 0 Å². The molecule has 11 atom stereocenters. The molecule has 5 heterocycles. The van der Waals surface area contributed by atoms with Gasteiger partial charge in [-0.2, -0.15) is 0 Å². The van der Waals surface area contributed by atoms with E-state index >= 15 is 0 Å². The highest BCUT2D eigenvalue weighted by Crippen LogP contribution is 2.38. The first-order valence-corrected chi connectivity index (χ1v) is 15.9. The maximum Gasteiger partial charge on any atom is 0.330 e. The van der Waals surface area contributed by atoms with Gasteiger partial charge < -0.3 is 39.3 Å². The minimum absolute atomic E-state index is 0.0929. The van der Waals surface area contributed by atoms with Crippen LogP contribution in [0.4, 0.5) is 0 Å². The molecule has 5 rings (SSSR count). The molecule has 10 heteroatoms. The molecule has 0 saturated carbocycles. The maximum atomic E-state index is 13.1. The summed E-state index contributed by atoms with van der Waals surface area (Å²) in [5, 5.41) is 14.6. The van der Waals surface area contributed by atoms with Crippen molar-refractivity contribution in [3.63, 3.8) is 0 Å². The third-order valence-electron chi connectivity index (χ3n) is 9.26. The zero-order valence-corrected chi connectivity index (χ0v) is 26.0. The van der Waals surface area contributed by atoms with Crippen molar-refractivity contribution in [2.24, 2.45) is 17.6 Å². The average molecular weight is 615 g/mol. The number of aromatic nitrogens is 1. The van der Waals surface area contributed by atoms with Gasteiger partial charge in [-0.15, -0.1) is 0 Å². The number of carbonyl (C=O) groups excluding carboxylic acids is 1. The number of aliphatic hydroxyl groups excluding tert-OH is 2. The van der Waals surface area contributed by atoms with Crippen molar-refractivity contribution in [1.82, 2.24) is 4.98 Å². The Balaban J connectivity index is 1.42. The van der Waals surface area contributed by atoms with Gasteiger partial charge in [0.1, 0.15) is 24.2 Å². The summed E-state index contributed by atoms with van der Waals surface area (Å²) in [6.07, 6.45) is 12.7. The lowest BCUT2D eigenvalue weighted by Gasteiger charge is -2.44. The second-order valence-electron chi connectivity index (χ2n) is 13.0. The number of oxazole rings is 1. The van der Waals surface area contributed by atoms with Gasteiger partial charge >= 0.3 is 5.97 Å². The Morgan fingerprint density at radius 2 is 1.91 bits per heavy atom. The molecule has 4 aliphatic heterocycles. The highest BCUT2D eigenvalue weighted by molar-refractivity contribution is 5.82. The van der Waals surface area contributed by atoms with Crippen molar-refractivity contribution in [3.05, 3.63) is 59.9 Å². The first-order valence-electron chi connectivity index (χ1n) is 16.3. The van der Waals surface area contributed by atoms with E-state index in [0.717, 1.165) is 24.0 Å². The predicted molar refractivity (Wildman–Crippen MR) is 164 cm³/mol. The van der Waals surface area contributed by atoms with Crippen LogP contribution in [0.1, 0.15) is 83.4 Å². The molecular weight excluding hydrogens is 564 g/mol. The molecule has 1 aromatic heterocycles. The van der Waals surface area contributed by atoms with Crippen LogP contribution in [0.15, 0.2) is 52.7 Å². The Morgan fingerprint density at radius 1 is 1.11 bits per heavy atom. The van der Waals surface area contributed by atoms with Crippen molar-refractivity contribution in [3.8, 4) is 0 Å². The van der Waals surface area contributed by atoms with Crippen LogP contribution in [-0.4, -0.2) is 78.0 Å². The van der Waals surface area contributed by atoms with Crippen LogP contribution in [0.5, 0.6) is 0 Å². The monoisotopic (exact) mass is 614 g/mol. The Kier molecular flexibility index (Phi) is 10.5. The lowest BCUT2D eigenvalue weighted by atomic mass is 9.79. The molecule has 0 unspecified atom stereocenters. The third-order valence-corrected chi connectivity index (χ3v) is 9.26. The Bertz CT molecular complexity index is 1260. The normalized spacial score (nSPS) is 39.8. The summed E-state index contributed by atoms with van der Waals surface area (Å²) in [6.45, 7) is 10.1. The smallest absolute Gasteiger partial charge is 0.330 e. The van der Waals surface area contributed by atoms with Gasteiger partial charge in [-0.3, -0.25) is 0 Å². The second-order valence-corrected chi connectivity index (χ2v) is 13.0. The number of ether oxygens (including phenoxy) is 4. The van der Waals surface area contributed by atoms with Crippen molar-refractivity contribution in [2.75, 3.05) is 6.61 Å². The lowest BCUT2D eigenvalue weighted by Crippen LogP contribution is -2.51. The van der Waals surface area contributed by atoms with Crippen molar-refractivity contribution < 1.29 is 38.4 Å². The molecule has 1 aromatic rings. The average Bonchev–Trinajstić information content (AvgIpc) is 3.48. The highest BCUT2D eigenvalue weighted by atomic mass is 16.6. The maximum absolute atomic E-state index is 13.1. The van der Waals surface area contributed by atoms with Crippen LogP contribution >= 0.6 is 0 Å². The van der Waals surface area contributed by atoms with E-state index in [9.17, 15) is 9.90 Å². The predicted octanol–water partition coefficient (Wildman–Crippen LogP) is 4.33. The number of aliphatic hydroxyl groups is 2. The minimum Gasteiger partial charge on any atom is -0.458 e. The number of esters is 1. The molecule has 10 nitrogen and oxygen atoms in total. The number of carbonyl (C=O) groups is 1. The Labute approximate surface area is 261 Å². The molecular formula is C34H48N2O8. The van der Waals surface area contributed by atoms with E-state index in [0.29, 0.717) is 43.7 Å². The van der Waals surface area contributed by atoms with Gasteiger partial charge in [0, 0.05) is 36.8 Å². The van der Waals surface area contributed by atoms with E-state index in [1.165, 1.54) is 6.08 Å². The topological polar surface area (TPSA) is 146 Å². The summed E-state index contributed by atoms with van der Waals surface area (Å²) in [5.41, 5.74) is 8.66. The first-order chi connectivity index (χ1) is 21.6. The SMILES string of the molecule is [3H]O[C@@H]1C[C@H]2C[C@H]3CC(=C)C[C@H](C/C=C\C(=O)O[C@H]4[C@@H](C)[C@@H](C/C=C/c5nc(co5)[C@@H](C1)O2)O[C@@H](/C(C)=C/[C@@H](N)CO)[C@@H]4C)O3. The van der Waals surface area contributed by atoms with E-state index < -0.39 is 18.1 Å². The van der Waals surface area contributed by atoms with Crippen molar-refractivity contribution >= 4 is 12.0 Å². The van der Waals surface area contributed by atoms with Crippen LogP contribution in [0, 0.1) is 11.8 Å². The first kappa shape index (κ1) is 31.4. The summed E-state index contributed by atoms with van der Waals surface area (Å²) in [6, 6.07) is -0.512. The third kappa shape index (κ3) is 8.16. The fourth-order valence-electron chi connectivity index (χ4n) is 7.09. The molecule has 4 N–H and O–H groups in total. The summed E-state index contributed by atoms with van der Waals surface area (Å²) in [7, 11) is 0. The number of hydrogen-bond acceptors (Lipinski definition) is 10. The molecule has 3 fully saturated rings. The van der Waals surface area contributed by atoms with Gasteiger partial charge in [-0.25, -0.2) is 9.78 Å². The molecule has 242 valence electrons. The number of hydrogen-bond donors (Lipinski definition) is 3. The van der Waals surface area contributed by atoms with Gasteiger partial charge in [0.15, 0.2) is 0 Å². The van der Waals surface area contributed by atoms with Crippen LogP contribution < -0.4 is 5.73 Å². The zero-order chi connectivity index (χ0) is 32.1. The molecule has 0 spiro atoms. The number of fused-ring (bicyclic) bond motifs is 9. The molecule has 44 heavy (non-hydrogen) atoms. The number of nitrogens with zero attached hydrogens (tertiary/aromatic N) is 1. The molecule has 0 amide bonds. The van der Waals surface area contributed by atoms with Crippen LogP contribution in [0.25, 0.3) is 6.08 Å². The number of nitrogens with two attached hydrogens (primary N) is 1. The lowest BCUT2D eigenvalue weighted by molar-refractivity contribution is -0.180. The molecule has 3 saturated heterocycles. The molecule has 8 bridgehead atoms. The quantitative estimate of drug-likeness (QED) is 0.331. The molecule has 0 aliphatic carbocycles. The minimum atomic E-state index is -0.512. The van der Waals surface area contributed by atoms with E-state index in [-0.39, 0.29) is 61.2 Å². The van der Waals surface area contributed by atoms with E-state index in [1.807, 2.05) is 45.1 Å².